The first-order chi connectivity index (χ1) is 8.58. The van der Waals surface area contributed by atoms with E-state index in [9.17, 15) is 9.59 Å². The Bertz CT molecular complexity index is 307. The summed E-state index contributed by atoms with van der Waals surface area (Å²) in [5.41, 5.74) is 1.34. The smallest absolute Gasteiger partial charge is 0.320 e. The minimum atomic E-state index is -0.827. The number of rotatable bonds is 4. The normalized spacial score (nSPS) is 19.6. The second-order valence-corrected chi connectivity index (χ2v) is 4.88. The van der Waals surface area contributed by atoms with Crippen LogP contribution in [0.2, 0.25) is 0 Å². The molecule has 0 aromatic rings. The van der Waals surface area contributed by atoms with Gasteiger partial charge in [0, 0.05) is 0 Å². The van der Waals surface area contributed by atoms with Gasteiger partial charge in [0.2, 0.25) is 0 Å². The molecule has 1 aliphatic carbocycles. The van der Waals surface area contributed by atoms with Crippen molar-refractivity contribution in [3.8, 4) is 0 Å². The van der Waals surface area contributed by atoms with Crippen molar-refractivity contribution in [3.63, 3.8) is 0 Å². The van der Waals surface area contributed by atoms with E-state index in [4.69, 9.17) is 0 Å². The fourth-order valence-corrected chi connectivity index (χ4v) is 2.19. The Hall–Kier alpha value is -1.32. The van der Waals surface area contributed by atoms with Crippen LogP contribution in [0.15, 0.2) is 11.6 Å². The van der Waals surface area contributed by atoms with Gasteiger partial charge in [0.1, 0.15) is 0 Å². The van der Waals surface area contributed by atoms with Crippen LogP contribution in [-0.4, -0.2) is 26.2 Å². The number of ether oxygens (including phenoxy) is 2. The molecule has 0 heterocycles. The van der Waals surface area contributed by atoms with Crippen LogP contribution in [0.5, 0.6) is 0 Å². The van der Waals surface area contributed by atoms with Crippen LogP contribution < -0.4 is 0 Å². The van der Waals surface area contributed by atoms with E-state index in [1.807, 2.05) is 6.08 Å². The maximum atomic E-state index is 11.5. The van der Waals surface area contributed by atoms with Crippen LogP contribution in [0.3, 0.4) is 0 Å². The predicted octanol–water partition coefficient (Wildman–Crippen LogP) is 2.48. The lowest BCUT2D eigenvalue weighted by atomic mass is 9.86. The Morgan fingerprint density at radius 3 is 2.17 bits per heavy atom. The number of carbonyl (C=O) groups is 2. The minimum absolute atomic E-state index is 0.378. The molecule has 0 radical (unpaired) electrons. The molecule has 4 heteroatoms. The molecule has 0 amide bonds. The lowest BCUT2D eigenvalue weighted by Gasteiger charge is -2.20. The molecule has 18 heavy (non-hydrogen) atoms. The summed E-state index contributed by atoms with van der Waals surface area (Å²) in [6.07, 6.45) is 6.89. The monoisotopic (exact) mass is 254 g/mol. The molecule has 4 nitrogen and oxygen atoms in total. The molecule has 0 saturated heterocycles. The molecule has 1 saturated carbocycles. The van der Waals surface area contributed by atoms with Gasteiger partial charge in [-0.2, -0.15) is 0 Å². The van der Waals surface area contributed by atoms with Gasteiger partial charge in [-0.05, 0) is 38.0 Å². The van der Waals surface area contributed by atoms with E-state index < -0.39 is 17.9 Å². The predicted molar refractivity (Wildman–Crippen MR) is 67.9 cm³/mol. The molecule has 0 aromatic carbocycles. The molecule has 0 atom stereocenters. The SMILES string of the molecule is COC(=O)C(CC=C1CCC(C)CC1)C(=O)OC. The van der Waals surface area contributed by atoms with Crippen molar-refractivity contribution in [3.05, 3.63) is 11.6 Å². The van der Waals surface area contributed by atoms with Crippen molar-refractivity contribution < 1.29 is 19.1 Å². The molecule has 0 spiro atoms. The van der Waals surface area contributed by atoms with Gasteiger partial charge in [-0.25, -0.2) is 0 Å². The fraction of sp³-hybridized carbons (Fsp3) is 0.714. The first kappa shape index (κ1) is 14.7. The zero-order valence-corrected chi connectivity index (χ0v) is 11.4. The first-order valence-corrected chi connectivity index (χ1v) is 6.42. The van der Waals surface area contributed by atoms with E-state index in [1.165, 1.54) is 32.6 Å². The number of hydrogen-bond acceptors (Lipinski definition) is 4. The highest BCUT2D eigenvalue weighted by atomic mass is 16.5. The summed E-state index contributed by atoms with van der Waals surface area (Å²) < 4.78 is 9.25. The molecule has 0 aliphatic heterocycles. The molecule has 0 aromatic heterocycles. The van der Waals surface area contributed by atoms with Gasteiger partial charge < -0.3 is 9.47 Å². The van der Waals surface area contributed by atoms with Crippen molar-refractivity contribution >= 4 is 11.9 Å². The summed E-state index contributed by atoms with van der Waals surface area (Å²) in [5, 5.41) is 0. The third-order valence-electron chi connectivity index (χ3n) is 3.53. The highest BCUT2D eigenvalue weighted by molar-refractivity contribution is 5.94. The number of carbonyl (C=O) groups excluding carboxylic acids is 2. The maximum absolute atomic E-state index is 11.5. The molecular weight excluding hydrogens is 232 g/mol. The zero-order valence-electron chi connectivity index (χ0n) is 11.4. The summed E-state index contributed by atoms with van der Waals surface area (Å²) in [6, 6.07) is 0. The van der Waals surface area contributed by atoms with Crippen molar-refractivity contribution in [2.24, 2.45) is 11.8 Å². The largest absolute Gasteiger partial charge is 0.468 e. The summed E-state index contributed by atoms with van der Waals surface area (Å²) in [7, 11) is 2.57. The molecule has 102 valence electrons. The van der Waals surface area contributed by atoms with Crippen molar-refractivity contribution in [1.29, 1.82) is 0 Å². The Labute approximate surface area is 108 Å². The average Bonchev–Trinajstić information content (AvgIpc) is 2.40. The van der Waals surface area contributed by atoms with E-state index in [-0.39, 0.29) is 0 Å². The Kier molecular flexibility index (Phi) is 5.89. The maximum Gasteiger partial charge on any atom is 0.320 e. The number of esters is 2. The molecule has 1 fully saturated rings. The Morgan fingerprint density at radius 2 is 1.72 bits per heavy atom. The third-order valence-corrected chi connectivity index (χ3v) is 3.53. The third kappa shape index (κ3) is 4.17. The second kappa shape index (κ2) is 7.19. The molecule has 1 aliphatic rings. The van der Waals surface area contributed by atoms with E-state index in [2.05, 4.69) is 16.4 Å². The Morgan fingerprint density at radius 1 is 1.22 bits per heavy atom. The zero-order chi connectivity index (χ0) is 13.5. The lowest BCUT2D eigenvalue weighted by molar-refractivity contribution is -0.158. The van der Waals surface area contributed by atoms with Crippen LogP contribution in [-0.2, 0) is 19.1 Å². The number of hydrogen-bond donors (Lipinski definition) is 0. The van der Waals surface area contributed by atoms with Crippen LogP contribution in [0.25, 0.3) is 0 Å². The van der Waals surface area contributed by atoms with Crippen LogP contribution in [0.4, 0.5) is 0 Å². The summed E-state index contributed by atoms with van der Waals surface area (Å²) in [6.45, 7) is 2.25. The lowest BCUT2D eigenvalue weighted by Crippen LogP contribution is -2.26. The highest BCUT2D eigenvalue weighted by Crippen LogP contribution is 2.28. The minimum Gasteiger partial charge on any atom is -0.468 e. The van der Waals surface area contributed by atoms with Gasteiger partial charge in [0.15, 0.2) is 5.92 Å². The van der Waals surface area contributed by atoms with Crippen molar-refractivity contribution in [1.82, 2.24) is 0 Å². The quantitative estimate of drug-likeness (QED) is 0.439. The topological polar surface area (TPSA) is 52.6 Å². The van der Waals surface area contributed by atoms with Gasteiger partial charge in [0.05, 0.1) is 14.2 Å². The molecule has 0 unspecified atom stereocenters. The summed E-state index contributed by atoms with van der Waals surface area (Å²) in [4.78, 5) is 23.0. The molecule has 0 N–H and O–H groups in total. The molecular formula is C14H22O4. The van der Waals surface area contributed by atoms with Crippen LogP contribution >= 0.6 is 0 Å². The van der Waals surface area contributed by atoms with Gasteiger partial charge >= 0.3 is 11.9 Å². The van der Waals surface area contributed by atoms with E-state index in [1.54, 1.807) is 0 Å². The first-order valence-electron chi connectivity index (χ1n) is 6.42. The van der Waals surface area contributed by atoms with Gasteiger partial charge in [0.25, 0.3) is 0 Å². The van der Waals surface area contributed by atoms with Gasteiger partial charge in [-0.15, -0.1) is 0 Å². The van der Waals surface area contributed by atoms with E-state index in [0.29, 0.717) is 6.42 Å². The van der Waals surface area contributed by atoms with E-state index in [0.717, 1.165) is 18.8 Å². The second-order valence-electron chi connectivity index (χ2n) is 4.88. The average molecular weight is 254 g/mol. The van der Waals surface area contributed by atoms with E-state index >= 15 is 0 Å². The Balaban J connectivity index is 2.58. The van der Waals surface area contributed by atoms with Crippen LogP contribution in [0, 0.1) is 11.8 Å². The molecule has 0 bridgehead atoms. The molecule has 1 rings (SSSR count). The standard InChI is InChI=1S/C14H22O4/c1-10-4-6-11(7-5-10)8-9-12(13(15)17-2)14(16)18-3/h8,10,12H,4-7,9H2,1-3H3. The van der Waals surface area contributed by atoms with Gasteiger partial charge in [-0.1, -0.05) is 18.6 Å². The highest BCUT2D eigenvalue weighted by Gasteiger charge is 2.27. The van der Waals surface area contributed by atoms with Crippen molar-refractivity contribution in [2.45, 2.75) is 39.0 Å². The number of methoxy groups -OCH3 is 2. The van der Waals surface area contributed by atoms with Crippen LogP contribution in [0.1, 0.15) is 39.0 Å². The van der Waals surface area contributed by atoms with Gasteiger partial charge in [-0.3, -0.25) is 9.59 Å². The summed E-state index contributed by atoms with van der Waals surface area (Å²) >= 11 is 0. The van der Waals surface area contributed by atoms with Crippen molar-refractivity contribution in [2.75, 3.05) is 14.2 Å². The summed E-state index contributed by atoms with van der Waals surface area (Å²) in [5.74, 6) is -1.10. The number of allylic oxidation sites excluding steroid dienone is 2. The fourth-order valence-electron chi connectivity index (χ4n) is 2.19.